The van der Waals surface area contributed by atoms with Crippen LogP contribution < -0.4 is 5.32 Å². The number of hydrogen-bond donors (Lipinski definition) is 1. The third kappa shape index (κ3) is 4.19. The standard InChI is InChI=1S/C18H23NO/c1-14-7-8-15(2)18(9-14)12-19-11-16-5-4-6-17(10-16)13-20-3/h4-10,19H,11-13H2,1-3H3. The molecule has 106 valence electrons. The maximum Gasteiger partial charge on any atom is 0.0713 e. The Morgan fingerprint density at radius 1 is 0.950 bits per heavy atom. The average molecular weight is 269 g/mol. The molecule has 20 heavy (non-hydrogen) atoms. The maximum absolute atomic E-state index is 5.17. The van der Waals surface area contributed by atoms with Gasteiger partial charge in [-0.05, 0) is 36.1 Å². The van der Waals surface area contributed by atoms with Gasteiger partial charge in [0.1, 0.15) is 0 Å². The fourth-order valence-corrected chi connectivity index (χ4v) is 2.33. The van der Waals surface area contributed by atoms with E-state index in [9.17, 15) is 0 Å². The van der Waals surface area contributed by atoms with Gasteiger partial charge in [-0.3, -0.25) is 0 Å². The van der Waals surface area contributed by atoms with Gasteiger partial charge >= 0.3 is 0 Å². The van der Waals surface area contributed by atoms with Crippen LogP contribution in [0.1, 0.15) is 27.8 Å². The van der Waals surface area contributed by atoms with E-state index in [1.165, 1.54) is 27.8 Å². The predicted molar refractivity (Wildman–Crippen MR) is 83.6 cm³/mol. The number of benzene rings is 2. The molecule has 0 aliphatic heterocycles. The van der Waals surface area contributed by atoms with Gasteiger partial charge in [-0.1, -0.05) is 48.0 Å². The second kappa shape index (κ2) is 7.22. The molecule has 0 bridgehead atoms. The van der Waals surface area contributed by atoms with Crippen molar-refractivity contribution in [2.24, 2.45) is 0 Å². The number of methoxy groups -OCH3 is 1. The van der Waals surface area contributed by atoms with Crippen molar-refractivity contribution < 1.29 is 4.74 Å². The van der Waals surface area contributed by atoms with E-state index in [0.717, 1.165) is 13.1 Å². The van der Waals surface area contributed by atoms with E-state index in [2.05, 4.69) is 61.6 Å². The summed E-state index contributed by atoms with van der Waals surface area (Å²) >= 11 is 0. The Morgan fingerprint density at radius 2 is 1.75 bits per heavy atom. The lowest BCUT2D eigenvalue weighted by molar-refractivity contribution is 0.185. The summed E-state index contributed by atoms with van der Waals surface area (Å²) < 4.78 is 5.17. The van der Waals surface area contributed by atoms with Crippen molar-refractivity contribution in [1.29, 1.82) is 0 Å². The molecule has 0 heterocycles. The number of ether oxygens (including phenoxy) is 1. The third-order valence-corrected chi connectivity index (χ3v) is 3.45. The average Bonchev–Trinajstić information content (AvgIpc) is 2.43. The molecule has 0 saturated carbocycles. The summed E-state index contributed by atoms with van der Waals surface area (Å²) in [4.78, 5) is 0. The Morgan fingerprint density at radius 3 is 2.55 bits per heavy atom. The molecule has 0 fully saturated rings. The Labute approximate surface area is 121 Å². The Hall–Kier alpha value is -1.64. The van der Waals surface area contributed by atoms with E-state index in [4.69, 9.17) is 4.74 Å². The highest BCUT2D eigenvalue weighted by atomic mass is 16.5. The maximum atomic E-state index is 5.17. The summed E-state index contributed by atoms with van der Waals surface area (Å²) in [6, 6.07) is 15.1. The number of rotatable bonds is 6. The van der Waals surface area contributed by atoms with Crippen molar-refractivity contribution in [1.82, 2.24) is 5.32 Å². The van der Waals surface area contributed by atoms with Crippen molar-refractivity contribution >= 4 is 0 Å². The summed E-state index contributed by atoms with van der Waals surface area (Å²) in [7, 11) is 1.73. The van der Waals surface area contributed by atoms with Gasteiger partial charge in [-0.15, -0.1) is 0 Å². The normalized spacial score (nSPS) is 10.8. The molecule has 2 rings (SSSR count). The van der Waals surface area contributed by atoms with Crippen molar-refractivity contribution in [3.63, 3.8) is 0 Å². The summed E-state index contributed by atoms with van der Waals surface area (Å²) in [6.07, 6.45) is 0. The fraction of sp³-hybridized carbons (Fsp3) is 0.333. The first kappa shape index (κ1) is 14.8. The summed E-state index contributed by atoms with van der Waals surface area (Å²) in [6.45, 7) is 6.75. The quantitative estimate of drug-likeness (QED) is 0.862. The van der Waals surface area contributed by atoms with Crippen LogP contribution in [-0.2, 0) is 24.4 Å². The first-order valence-electron chi connectivity index (χ1n) is 7.02. The molecule has 0 spiro atoms. The Kier molecular flexibility index (Phi) is 5.33. The summed E-state index contributed by atoms with van der Waals surface area (Å²) in [5.74, 6) is 0. The lowest BCUT2D eigenvalue weighted by Gasteiger charge is -2.10. The van der Waals surface area contributed by atoms with E-state index < -0.39 is 0 Å². The van der Waals surface area contributed by atoms with Crippen molar-refractivity contribution in [3.05, 3.63) is 70.3 Å². The molecular formula is C18H23NO. The molecule has 2 aromatic rings. The van der Waals surface area contributed by atoms with E-state index in [1.54, 1.807) is 7.11 Å². The number of aryl methyl sites for hydroxylation is 2. The zero-order valence-electron chi connectivity index (χ0n) is 12.6. The van der Waals surface area contributed by atoms with Crippen molar-refractivity contribution in [3.8, 4) is 0 Å². The van der Waals surface area contributed by atoms with Gasteiger partial charge in [0.05, 0.1) is 6.61 Å². The molecule has 0 atom stereocenters. The van der Waals surface area contributed by atoms with Gasteiger partial charge in [0.15, 0.2) is 0 Å². The molecule has 0 unspecified atom stereocenters. The zero-order chi connectivity index (χ0) is 14.4. The largest absolute Gasteiger partial charge is 0.380 e. The molecule has 0 aliphatic carbocycles. The first-order valence-corrected chi connectivity index (χ1v) is 7.02. The van der Waals surface area contributed by atoms with Crippen molar-refractivity contribution in [2.75, 3.05) is 7.11 Å². The predicted octanol–water partition coefficient (Wildman–Crippen LogP) is 3.74. The van der Waals surface area contributed by atoms with Crippen LogP contribution in [0.4, 0.5) is 0 Å². The van der Waals surface area contributed by atoms with Crippen molar-refractivity contribution in [2.45, 2.75) is 33.5 Å². The minimum atomic E-state index is 0.671. The monoisotopic (exact) mass is 269 g/mol. The number of nitrogens with one attached hydrogen (secondary N) is 1. The van der Waals surface area contributed by atoms with Crippen LogP contribution in [0.5, 0.6) is 0 Å². The van der Waals surface area contributed by atoms with Crippen LogP contribution >= 0.6 is 0 Å². The van der Waals surface area contributed by atoms with Gasteiger partial charge in [0.25, 0.3) is 0 Å². The van der Waals surface area contributed by atoms with E-state index in [0.29, 0.717) is 6.61 Å². The number of hydrogen-bond acceptors (Lipinski definition) is 2. The van der Waals surface area contributed by atoms with E-state index >= 15 is 0 Å². The minimum Gasteiger partial charge on any atom is -0.380 e. The molecule has 2 heteroatoms. The molecule has 0 saturated heterocycles. The fourth-order valence-electron chi connectivity index (χ4n) is 2.33. The van der Waals surface area contributed by atoms with Crippen LogP contribution in [0, 0.1) is 13.8 Å². The second-order valence-electron chi connectivity index (χ2n) is 5.29. The lowest BCUT2D eigenvalue weighted by Crippen LogP contribution is -2.13. The van der Waals surface area contributed by atoms with Crippen LogP contribution in [0.2, 0.25) is 0 Å². The topological polar surface area (TPSA) is 21.3 Å². The van der Waals surface area contributed by atoms with E-state index in [-0.39, 0.29) is 0 Å². The van der Waals surface area contributed by atoms with E-state index in [1.807, 2.05) is 0 Å². The first-order chi connectivity index (χ1) is 9.69. The zero-order valence-corrected chi connectivity index (χ0v) is 12.6. The molecule has 0 amide bonds. The second-order valence-corrected chi connectivity index (χ2v) is 5.29. The molecule has 2 nitrogen and oxygen atoms in total. The summed E-state index contributed by atoms with van der Waals surface area (Å²) in [5, 5.41) is 3.51. The molecule has 0 aliphatic rings. The minimum absolute atomic E-state index is 0.671. The SMILES string of the molecule is COCc1cccc(CNCc2cc(C)ccc2C)c1. The smallest absolute Gasteiger partial charge is 0.0713 e. The van der Waals surface area contributed by atoms with Crippen LogP contribution in [0.25, 0.3) is 0 Å². The van der Waals surface area contributed by atoms with Crippen LogP contribution in [-0.4, -0.2) is 7.11 Å². The molecule has 2 aromatic carbocycles. The molecule has 0 aromatic heterocycles. The molecule has 1 N–H and O–H groups in total. The van der Waals surface area contributed by atoms with Gasteiger partial charge in [-0.2, -0.15) is 0 Å². The van der Waals surface area contributed by atoms with Gasteiger partial charge in [-0.25, -0.2) is 0 Å². The molecular weight excluding hydrogens is 246 g/mol. The summed E-state index contributed by atoms with van der Waals surface area (Å²) in [5.41, 5.74) is 6.55. The van der Waals surface area contributed by atoms with Crippen LogP contribution in [0.15, 0.2) is 42.5 Å². The molecule has 0 radical (unpaired) electrons. The Balaban J connectivity index is 1.92. The van der Waals surface area contributed by atoms with Gasteiger partial charge in [0.2, 0.25) is 0 Å². The van der Waals surface area contributed by atoms with Gasteiger partial charge < -0.3 is 10.1 Å². The highest BCUT2D eigenvalue weighted by Crippen LogP contribution is 2.11. The third-order valence-electron chi connectivity index (χ3n) is 3.45. The Bertz CT molecular complexity index is 563. The highest BCUT2D eigenvalue weighted by Gasteiger charge is 2.00. The van der Waals surface area contributed by atoms with Gasteiger partial charge in [0, 0.05) is 20.2 Å². The van der Waals surface area contributed by atoms with Crippen LogP contribution in [0.3, 0.4) is 0 Å². The lowest BCUT2D eigenvalue weighted by atomic mass is 10.1. The highest BCUT2D eigenvalue weighted by molar-refractivity contribution is 5.30.